The molecular weight excluding hydrogens is 728 g/mol. The normalized spacial score (nSPS) is 10.8. The van der Waals surface area contributed by atoms with Crippen LogP contribution in [0.3, 0.4) is 0 Å². The molecule has 12 nitrogen and oxygen atoms in total. The van der Waals surface area contributed by atoms with E-state index >= 15 is 0 Å². The number of halogens is 2. The van der Waals surface area contributed by atoms with Crippen LogP contribution in [0.2, 0.25) is 0 Å². The van der Waals surface area contributed by atoms with Gasteiger partial charge in [0.05, 0.1) is 0 Å². The third-order valence-corrected chi connectivity index (χ3v) is 8.12. The van der Waals surface area contributed by atoms with Crippen molar-refractivity contribution < 1.29 is 51.7 Å². The van der Waals surface area contributed by atoms with E-state index in [9.17, 15) is 23.2 Å². The van der Waals surface area contributed by atoms with Crippen LogP contribution in [0, 0.1) is 11.6 Å². The van der Waals surface area contributed by atoms with Gasteiger partial charge < -0.3 is 28.6 Å². The van der Waals surface area contributed by atoms with Crippen LogP contribution in [0.4, 0.5) is 8.78 Å². The van der Waals surface area contributed by atoms with Crippen molar-refractivity contribution in [2.24, 2.45) is 0 Å². The maximum Gasteiger partial charge on any atom is 0.339 e. The van der Waals surface area contributed by atoms with E-state index in [1.165, 1.54) is 60.7 Å². The molecule has 9 rings (SSSR count). The summed E-state index contributed by atoms with van der Waals surface area (Å²) in [6, 6.07) is 35.1. The number of rotatable bonds is 6. The van der Waals surface area contributed by atoms with E-state index < -0.39 is 23.7 Å². The van der Waals surface area contributed by atoms with E-state index in [4.69, 9.17) is 28.6 Å². The second-order valence-electron chi connectivity index (χ2n) is 11.8. The molecule has 0 saturated carbocycles. The molecule has 9 aromatic rings. The standard InChI is InChI=1S/2C14H8FNO3.C14H9NO3/c15-9-4-1-3-8(7-9)13-16-11-6-2-5-10(14(17)18)12(11)19-13;15-9-6-4-8(5-7-9)13-16-11-3-1-2-10(14(17)18)12(11)19-13;16-14(17)10-7-4-8-11-12(10)18-13(15-11)9-5-2-1-3-6-9/h2*1-7H,(H,17,18);1-8H,(H,16,17). The number of carbonyl (C=O) groups is 3. The van der Waals surface area contributed by atoms with E-state index in [-0.39, 0.29) is 45.5 Å². The molecule has 0 atom stereocenters. The Labute approximate surface area is 313 Å². The van der Waals surface area contributed by atoms with E-state index in [0.717, 1.165) is 5.56 Å². The van der Waals surface area contributed by atoms with Crippen molar-refractivity contribution in [3.05, 3.63) is 162 Å². The van der Waals surface area contributed by atoms with Crippen LogP contribution in [0.5, 0.6) is 0 Å². The number of para-hydroxylation sites is 3. The molecule has 0 aliphatic carbocycles. The first-order valence-electron chi connectivity index (χ1n) is 16.5. The van der Waals surface area contributed by atoms with Crippen molar-refractivity contribution in [1.82, 2.24) is 15.0 Å². The maximum absolute atomic E-state index is 13.2. The molecule has 3 heterocycles. The highest BCUT2D eigenvalue weighted by atomic mass is 19.1. The lowest BCUT2D eigenvalue weighted by molar-refractivity contribution is 0.0687. The molecule has 3 N–H and O–H groups in total. The second-order valence-corrected chi connectivity index (χ2v) is 11.8. The zero-order valence-corrected chi connectivity index (χ0v) is 28.6. The Morgan fingerprint density at radius 3 is 1.20 bits per heavy atom. The summed E-state index contributed by atoms with van der Waals surface area (Å²) in [6.45, 7) is 0. The molecule has 0 aliphatic rings. The molecule has 3 aromatic heterocycles. The molecule has 0 amide bonds. The van der Waals surface area contributed by atoms with Crippen molar-refractivity contribution in [1.29, 1.82) is 0 Å². The molecule has 0 saturated heterocycles. The summed E-state index contributed by atoms with van der Waals surface area (Å²) in [6.07, 6.45) is 0. The number of hydrogen-bond acceptors (Lipinski definition) is 9. The molecule has 56 heavy (non-hydrogen) atoms. The van der Waals surface area contributed by atoms with Crippen molar-refractivity contribution in [3.8, 4) is 34.4 Å². The van der Waals surface area contributed by atoms with E-state index in [0.29, 0.717) is 39.2 Å². The Balaban J connectivity index is 0.000000129. The third-order valence-electron chi connectivity index (χ3n) is 8.12. The van der Waals surface area contributed by atoms with Gasteiger partial charge in [-0.2, -0.15) is 0 Å². The molecule has 0 bridgehead atoms. The highest BCUT2D eigenvalue weighted by Gasteiger charge is 2.18. The Morgan fingerprint density at radius 2 is 0.786 bits per heavy atom. The van der Waals surface area contributed by atoms with Crippen LogP contribution in [0.1, 0.15) is 31.1 Å². The predicted molar refractivity (Wildman–Crippen MR) is 199 cm³/mol. The van der Waals surface area contributed by atoms with E-state index in [1.54, 1.807) is 42.5 Å². The molecular formula is C42H25F2N3O9. The number of aromatic carboxylic acids is 3. The fourth-order valence-corrected chi connectivity index (χ4v) is 5.52. The van der Waals surface area contributed by atoms with Crippen LogP contribution in [-0.4, -0.2) is 48.2 Å². The molecule has 14 heteroatoms. The molecule has 0 spiro atoms. The van der Waals surface area contributed by atoms with Gasteiger partial charge in [0.2, 0.25) is 17.7 Å². The molecule has 0 unspecified atom stereocenters. The van der Waals surface area contributed by atoms with Gasteiger partial charge >= 0.3 is 17.9 Å². The maximum atomic E-state index is 13.2. The van der Waals surface area contributed by atoms with Gasteiger partial charge in [0.25, 0.3) is 0 Å². The quantitative estimate of drug-likeness (QED) is 0.146. The lowest BCUT2D eigenvalue weighted by atomic mass is 10.2. The average molecular weight is 754 g/mol. The minimum Gasteiger partial charge on any atom is -0.478 e. The first-order valence-corrected chi connectivity index (χ1v) is 16.5. The Kier molecular flexibility index (Phi) is 10.1. The van der Waals surface area contributed by atoms with Gasteiger partial charge in [-0.15, -0.1) is 0 Å². The Hall–Kier alpha value is -8.00. The zero-order chi connectivity index (χ0) is 39.3. The highest BCUT2D eigenvalue weighted by Crippen LogP contribution is 2.29. The van der Waals surface area contributed by atoms with Gasteiger partial charge in [-0.25, -0.2) is 38.1 Å². The lowest BCUT2D eigenvalue weighted by Gasteiger charge is -1.95. The summed E-state index contributed by atoms with van der Waals surface area (Å²) in [5, 5.41) is 27.2. The number of aromatic nitrogens is 3. The summed E-state index contributed by atoms with van der Waals surface area (Å²) < 4.78 is 42.5. The summed E-state index contributed by atoms with van der Waals surface area (Å²) >= 11 is 0. The first-order chi connectivity index (χ1) is 27.0. The van der Waals surface area contributed by atoms with Crippen LogP contribution >= 0.6 is 0 Å². The largest absolute Gasteiger partial charge is 0.478 e. The second kappa shape index (κ2) is 15.5. The van der Waals surface area contributed by atoms with Crippen molar-refractivity contribution in [3.63, 3.8) is 0 Å². The fraction of sp³-hybridized carbons (Fsp3) is 0. The molecule has 0 radical (unpaired) electrons. The number of fused-ring (bicyclic) bond motifs is 3. The number of hydrogen-bond donors (Lipinski definition) is 3. The number of oxazole rings is 3. The summed E-state index contributed by atoms with van der Waals surface area (Å²) in [5.74, 6) is -3.05. The Morgan fingerprint density at radius 1 is 0.411 bits per heavy atom. The van der Waals surface area contributed by atoms with Crippen molar-refractivity contribution in [2.45, 2.75) is 0 Å². The minimum atomic E-state index is -1.09. The van der Waals surface area contributed by atoms with Crippen molar-refractivity contribution >= 4 is 51.2 Å². The zero-order valence-electron chi connectivity index (χ0n) is 28.6. The summed E-state index contributed by atoms with van der Waals surface area (Å²) in [5.41, 5.74) is 4.25. The first kappa shape index (κ1) is 36.4. The van der Waals surface area contributed by atoms with Gasteiger partial charge in [-0.1, -0.05) is 42.5 Å². The average Bonchev–Trinajstić information content (AvgIpc) is 3.96. The van der Waals surface area contributed by atoms with Crippen molar-refractivity contribution in [2.75, 3.05) is 0 Å². The lowest BCUT2D eigenvalue weighted by Crippen LogP contribution is -1.95. The van der Waals surface area contributed by atoms with Gasteiger partial charge in [0.1, 0.15) is 44.9 Å². The number of benzene rings is 6. The van der Waals surface area contributed by atoms with Crippen LogP contribution in [-0.2, 0) is 0 Å². The Bertz CT molecular complexity index is 2880. The van der Waals surface area contributed by atoms with Crippen LogP contribution in [0.15, 0.2) is 147 Å². The van der Waals surface area contributed by atoms with Crippen LogP contribution < -0.4 is 0 Å². The van der Waals surface area contributed by atoms with E-state index in [2.05, 4.69) is 15.0 Å². The molecule has 6 aromatic carbocycles. The fourth-order valence-electron chi connectivity index (χ4n) is 5.52. The topological polar surface area (TPSA) is 190 Å². The van der Waals surface area contributed by atoms with Gasteiger partial charge in [-0.05, 0) is 91.0 Å². The molecule has 0 aliphatic heterocycles. The van der Waals surface area contributed by atoms with Gasteiger partial charge in [-0.3, -0.25) is 0 Å². The number of carboxylic acid groups (broad SMARTS) is 3. The number of carboxylic acids is 3. The SMILES string of the molecule is O=C(O)c1cccc2nc(-c3ccc(F)cc3)oc12.O=C(O)c1cccc2nc(-c3cccc(F)c3)oc12.O=C(O)c1cccc2nc(-c3ccccc3)oc12. The van der Waals surface area contributed by atoms with Gasteiger partial charge in [0.15, 0.2) is 16.7 Å². The smallest absolute Gasteiger partial charge is 0.339 e. The van der Waals surface area contributed by atoms with E-state index in [1.807, 2.05) is 30.3 Å². The summed E-state index contributed by atoms with van der Waals surface area (Å²) in [7, 11) is 0. The summed E-state index contributed by atoms with van der Waals surface area (Å²) in [4.78, 5) is 45.9. The minimum absolute atomic E-state index is 0.0349. The van der Waals surface area contributed by atoms with Crippen LogP contribution in [0.25, 0.3) is 67.7 Å². The third kappa shape index (κ3) is 7.70. The number of nitrogens with zero attached hydrogens (tertiary/aromatic N) is 3. The monoisotopic (exact) mass is 753 g/mol. The van der Waals surface area contributed by atoms with Gasteiger partial charge in [0, 0.05) is 16.7 Å². The highest BCUT2D eigenvalue weighted by molar-refractivity contribution is 6.02. The molecule has 0 fully saturated rings. The predicted octanol–water partition coefficient (Wildman–Crippen LogP) is 9.86. The molecule has 276 valence electrons.